The molecular formula is C22H23F3N2O3. The minimum absolute atomic E-state index is 0.126. The second kappa shape index (κ2) is 8.02. The molecule has 0 aliphatic carbocycles. The first-order valence-electron chi connectivity index (χ1n) is 9.84. The Morgan fingerprint density at radius 1 is 1.17 bits per heavy atom. The fourth-order valence-corrected chi connectivity index (χ4v) is 3.93. The number of alkyl halides is 3. The van der Waals surface area contributed by atoms with Crippen molar-refractivity contribution in [1.29, 1.82) is 0 Å². The smallest absolute Gasteiger partial charge is 0.380 e. The molecule has 160 valence electrons. The third-order valence-corrected chi connectivity index (χ3v) is 5.69. The summed E-state index contributed by atoms with van der Waals surface area (Å²) in [6, 6.07) is 12.2. The zero-order chi connectivity index (χ0) is 21.4. The van der Waals surface area contributed by atoms with Crippen LogP contribution in [0.2, 0.25) is 0 Å². The van der Waals surface area contributed by atoms with Gasteiger partial charge in [0.1, 0.15) is 5.60 Å². The number of aliphatic hydroxyl groups is 1. The molecule has 2 aliphatic rings. The van der Waals surface area contributed by atoms with Gasteiger partial charge in [0.05, 0.1) is 18.8 Å². The Morgan fingerprint density at radius 2 is 1.87 bits per heavy atom. The molecule has 2 fully saturated rings. The number of ether oxygens (including phenoxy) is 1. The predicted octanol–water partition coefficient (Wildman–Crippen LogP) is 2.93. The van der Waals surface area contributed by atoms with Crippen molar-refractivity contribution >= 4 is 5.91 Å². The number of hydrogen-bond acceptors (Lipinski definition) is 4. The summed E-state index contributed by atoms with van der Waals surface area (Å²) in [5.41, 5.74) is -0.168. The molecule has 0 bridgehead atoms. The quantitative estimate of drug-likeness (QED) is 0.781. The monoisotopic (exact) mass is 420 g/mol. The normalized spacial score (nSPS) is 21.3. The summed E-state index contributed by atoms with van der Waals surface area (Å²) in [4.78, 5) is 14.5. The van der Waals surface area contributed by atoms with Gasteiger partial charge in [0, 0.05) is 31.2 Å². The number of benzene rings is 2. The zero-order valence-corrected chi connectivity index (χ0v) is 16.3. The van der Waals surface area contributed by atoms with Gasteiger partial charge in [-0.15, -0.1) is 0 Å². The van der Waals surface area contributed by atoms with Gasteiger partial charge in [0.25, 0.3) is 5.91 Å². The van der Waals surface area contributed by atoms with E-state index < -0.39 is 17.3 Å². The summed E-state index contributed by atoms with van der Waals surface area (Å²) in [6.45, 7) is 1.79. The molecule has 1 unspecified atom stereocenters. The standard InChI is InChI=1S/C22H23F3N2O3/c23-22(24,25)19-4-2-1-3-16(19)11-27-10-9-18(12-27)26-20(28)15-5-7-17(8-6-15)21(29)13-30-14-21/h1-8,18,29H,9-14H2,(H,26,28). The molecule has 0 aromatic heterocycles. The van der Waals surface area contributed by atoms with Crippen LogP contribution in [0.1, 0.15) is 33.5 Å². The minimum Gasteiger partial charge on any atom is -0.380 e. The zero-order valence-electron chi connectivity index (χ0n) is 16.3. The molecule has 0 radical (unpaired) electrons. The van der Waals surface area contributed by atoms with Crippen LogP contribution in [0.4, 0.5) is 13.2 Å². The van der Waals surface area contributed by atoms with Gasteiger partial charge in [-0.2, -0.15) is 13.2 Å². The van der Waals surface area contributed by atoms with E-state index in [1.54, 1.807) is 30.3 Å². The SMILES string of the molecule is O=C(NC1CCN(Cc2ccccc2C(F)(F)F)C1)c1ccc(C2(O)COC2)cc1. The number of likely N-dealkylation sites (tertiary alicyclic amines) is 1. The van der Waals surface area contributed by atoms with Crippen molar-refractivity contribution in [3.05, 3.63) is 70.8 Å². The molecular weight excluding hydrogens is 397 g/mol. The van der Waals surface area contributed by atoms with E-state index in [4.69, 9.17) is 4.74 Å². The Labute approximate surface area is 172 Å². The van der Waals surface area contributed by atoms with Crippen LogP contribution in [0, 0.1) is 0 Å². The fourth-order valence-electron chi connectivity index (χ4n) is 3.93. The lowest BCUT2D eigenvalue weighted by Crippen LogP contribution is -2.46. The van der Waals surface area contributed by atoms with E-state index >= 15 is 0 Å². The first kappa shape index (κ1) is 20.8. The molecule has 2 aromatic rings. The van der Waals surface area contributed by atoms with Crippen LogP contribution in [0.3, 0.4) is 0 Å². The van der Waals surface area contributed by atoms with Crippen LogP contribution in [0.25, 0.3) is 0 Å². The van der Waals surface area contributed by atoms with Gasteiger partial charge in [-0.05, 0) is 35.7 Å². The first-order valence-corrected chi connectivity index (χ1v) is 9.84. The van der Waals surface area contributed by atoms with E-state index in [-0.39, 0.29) is 37.3 Å². The van der Waals surface area contributed by atoms with Crippen molar-refractivity contribution in [3.63, 3.8) is 0 Å². The van der Waals surface area contributed by atoms with Crippen LogP contribution in [-0.4, -0.2) is 48.3 Å². The van der Waals surface area contributed by atoms with E-state index in [0.29, 0.717) is 30.6 Å². The number of carbonyl (C=O) groups is 1. The Kier molecular flexibility index (Phi) is 5.57. The molecule has 1 amide bonds. The molecule has 0 saturated carbocycles. The van der Waals surface area contributed by atoms with Gasteiger partial charge in [-0.1, -0.05) is 30.3 Å². The summed E-state index contributed by atoms with van der Waals surface area (Å²) >= 11 is 0. The molecule has 1 atom stereocenters. The van der Waals surface area contributed by atoms with E-state index in [1.165, 1.54) is 12.1 Å². The summed E-state index contributed by atoms with van der Waals surface area (Å²) in [6.07, 6.45) is -3.70. The van der Waals surface area contributed by atoms with E-state index in [1.807, 2.05) is 4.90 Å². The van der Waals surface area contributed by atoms with Crippen LogP contribution in [0.15, 0.2) is 48.5 Å². The maximum atomic E-state index is 13.2. The molecule has 2 heterocycles. The van der Waals surface area contributed by atoms with Gasteiger partial charge in [-0.3, -0.25) is 9.69 Å². The Bertz CT molecular complexity index is 911. The second-order valence-electron chi connectivity index (χ2n) is 7.95. The van der Waals surface area contributed by atoms with Crippen molar-refractivity contribution in [2.45, 2.75) is 30.8 Å². The molecule has 0 spiro atoms. The highest BCUT2D eigenvalue weighted by Gasteiger charge is 2.38. The molecule has 2 N–H and O–H groups in total. The summed E-state index contributed by atoms with van der Waals surface area (Å²) < 4.78 is 44.6. The van der Waals surface area contributed by atoms with Gasteiger partial charge in [-0.25, -0.2) is 0 Å². The van der Waals surface area contributed by atoms with Crippen molar-refractivity contribution in [2.75, 3.05) is 26.3 Å². The van der Waals surface area contributed by atoms with E-state index in [2.05, 4.69) is 5.32 Å². The highest BCUT2D eigenvalue weighted by Crippen LogP contribution is 2.33. The third kappa shape index (κ3) is 4.35. The van der Waals surface area contributed by atoms with Gasteiger partial charge in [0.15, 0.2) is 0 Å². The molecule has 2 aliphatic heterocycles. The van der Waals surface area contributed by atoms with Crippen LogP contribution in [0.5, 0.6) is 0 Å². The Balaban J connectivity index is 1.34. The van der Waals surface area contributed by atoms with Crippen molar-refractivity contribution in [2.24, 2.45) is 0 Å². The predicted molar refractivity (Wildman–Crippen MR) is 104 cm³/mol. The number of rotatable bonds is 5. The van der Waals surface area contributed by atoms with E-state index in [0.717, 1.165) is 6.07 Å². The fraction of sp³-hybridized carbons (Fsp3) is 0.409. The number of nitrogens with one attached hydrogen (secondary N) is 1. The average molecular weight is 420 g/mol. The third-order valence-electron chi connectivity index (χ3n) is 5.69. The average Bonchev–Trinajstić information content (AvgIpc) is 3.12. The molecule has 5 nitrogen and oxygen atoms in total. The van der Waals surface area contributed by atoms with Gasteiger partial charge in [0.2, 0.25) is 0 Å². The first-order chi connectivity index (χ1) is 14.2. The number of halogens is 3. The largest absolute Gasteiger partial charge is 0.416 e. The number of carbonyl (C=O) groups excluding carboxylic acids is 1. The van der Waals surface area contributed by atoms with Crippen molar-refractivity contribution in [1.82, 2.24) is 10.2 Å². The highest BCUT2D eigenvalue weighted by molar-refractivity contribution is 5.94. The number of amides is 1. The van der Waals surface area contributed by atoms with E-state index in [9.17, 15) is 23.1 Å². The highest BCUT2D eigenvalue weighted by atomic mass is 19.4. The Hall–Kier alpha value is -2.42. The molecule has 8 heteroatoms. The number of nitrogens with zero attached hydrogens (tertiary/aromatic N) is 1. The number of hydrogen-bond donors (Lipinski definition) is 2. The maximum Gasteiger partial charge on any atom is 0.416 e. The van der Waals surface area contributed by atoms with Crippen LogP contribution >= 0.6 is 0 Å². The van der Waals surface area contributed by atoms with Crippen LogP contribution in [-0.2, 0) is 23.1 Å². The minimum atomic E-state index is -4.38. The summed E-state index contributed by atoms with van der Waals surface area (Å²) in [5.74, 6) is -0.235. The van der Waals surface area contributed by atoms with Crippen LogP contribution < -0.4 is 5.32 Å². The summed E-state index contributed by atoms with van der Waals surface area (Å²) in [5, 5.41) is 13.2. The lowest BCUT2D eigenvalue weighted by atomic mass is 9.91. The summed E-state index contributed by atoms with van der Waals surface area (Å²) in [7, 11) is 0. The van der Waals surface area contributed by atoms with Gasteiger partial charge < -0.3 is 15.2 Å². The van der Waals surface area contributed by atoms with Crippen molar-refractivity contribution < 1.29 is 27.8 Å². The second-order valence-corrected chi connectivity index (χ2v) is 7.95. The topological polar surface area (TPSA) is 61.8 Å². The molecule has 2 saturated heterocycles. The molecule has 4 rings (SSSR count). The lowest BCUT2D eigenvalue weighted by Gasteiger charge is -2.36. The van der Waals surface area contributed by atoms with Crippen molar-refractivity contribution in [3.8, 4) is 0 Å². The molecule has 2 aromatic carbocycles. The van der Waals surface area contributed by atoms with Gasteiger partial charge >= 0.3 is 6.18 Å². The lowest BCUT2D eigenvalue weighted by molar-refractivity contribution is -0.184. The Morgan fingerprint density at radius 3 is 2.50 bits per heavy atom. The molecule has 30 heavy (non-hydrogen) atoms. The maximum absolute atomic E-state index is 13.2.